The highest BCUT2D eigenvalue weighted by Crippen LogP contribution is 2.20. The molecule has 0 atom stereocenters. The highest BCUT2D eigenvalue weighted by Gasteiger charge is 2.26. The molecule has 0 aromatic heterocycles. The molecule has 2 rings (SSSR count). The lowest BCUT2D eigenvalue weighted by molar-refractivity contribution is 0.0920. The number of benzene rings is 1. The van der Waals surface area contributed by atoms with E-state index < -0.39 is 21.7 Å². The number of piperidine rings is 1. The Labute approximate surface area is 129 Å². The van der Waals surface area contributed by atoms with Gasteiger partial charge in [0, 0.05) is 19.1 Å². The molecule has 1 heterocycles. The van der Waals surface area contributed by atoms with Gasteiger partial charge in [0.05, 0.1) is 18.9 Å². The van der Waals surface area contributed by atoms with Crippen LogP contribution in [0.4, 0.5) is 4.39 Å². The van der Waals surface area contributed by atoms with Crippen molar-refractivity contribution in [3.63, 3.8) is 0 Å². The summed E-state index contributed by atoms with van der Waals surface area (Å²) in [4.78, 5) is 12.2. The smallest absolute Gasteiger partial charge is 0.255 e. The van der Waals surface area contributed by atoms with Crippen LogP contribution in [0.2, 0.25) is 0 Å². The van der Waals surface area contributed by atoms with E-state index in [-0.39, 0.29) is 11.6 Å². The Bertz CT molecular complexity index is 655. The van der Waals surface area contributed by atoms with Gasteiger partial charge in [0.2, 0.25) is 10.0 Å². The van der Waals surface area contributed by atoms with E-state index in [9.17, 15) is 17.6 Å². The fourth-order valence-corrected chi connectivity index (χ4v) is 3.33. The van der Waals surface area contributed by atoms with E-state index in [1.165, 1.54) is 29.8 Å². The lowest BCUT2D eigenvalue weighted by Gasteiger charge is -2.30. The summed E-state index contributed by atoms with van der Waals surface area (Å²) in [7, 11) is -1.78. The van der Waals surface area contributed by atoms with E-state index in [2.05, 4.69) is 5.32 Å². The molecular weight excluding hydrogens is 311 g/mol. The maximum absolute atomic E-state index is 13.3. The molecule has 0 radical (unpaired) electrons. The molecule has 1 N–H and O–H groups in total. The average Bonchev–Trinajstić information content (AvgIpc) is 2.46. The molecular formula is C14H19FN2O4S. The summed E-state index contributed by atoms with van der Waals surface area (Å²) in [6.07, 6.45) is 2.22. The molecule has 122 valence electrons. The number of hydrogen-bond donors (Lipinski definition) is 1. The van der Waals surface area contributed by atoms with Crippen molar-refractivity contribution in [2.45, 2.75) is 18.9 Å². The van der Waals surface area contributed by atoms with E-state index in [0.29, 0.717) is 31.7 Å². The van der Waals surface area contributed by atoms with Crippen LogP contribution in [0.3, 0.4) is 0 Å². The molecule has 0 spiro atoms. The van der Waals surface area contributed by atoms with Crippen LogP contribution in [0.25, 0.3) is 0 Å². The monoisotopic (exact) mass is 330 g/mol. The third kappa shape index (κ3) is 3.95. The number of methoxy groups -OCH3 is 1. The minimum absolute atomic E-state index is 0.132. The van der Waals surface area contributed by atoms with Crippen LogP contribution in [-0.4, -0.2) is 51.1 Å². The van der Waals surface area contributed by atoms with Crippen molar-refractivity contribution in [3.8, 4) is 5.75 Å². The number of carbonyl (C=O) groups is 1. The molecule has 0 saturated carbocycles. The zero-order valence-electron chi connectivity index (χ0n) is 12.5. The third-order valence-electron chi connectivity index (χ3n) is 3.66. The van der Waals surface area contributed by atoms with E-state index in [1.54, 1.807) is 0 Å². The summed E-state index contributed by atoms with van der Waals surface area (Å²) < 4.78 is 42.6. The van der Waals surface area contributed by atoms with Crippen molar-refractivity contribution in [2.75, 3.05) is 26.5 Å². The predicted octanol–water partition coefficient (Wildman–Crippen LogP) is 0.988. The standard InChI is InChI=1S/C14H19FN2O4S/c1-21-13-4-3-10(15)9-12(13)14(18)16-11-5-7-17(8-6-11)22(2,19)20/h3-4,9,11H,5-8H2,1-2H3,(H,16,18). The first kappa shape index (κ1) is 16.7. The minimum atomic E-state index is -3.20. The number of hydrogen-bond acceptors (Lipinski definition) is 4. The molecule has 1 aliphatic heterocycles. The molecule has 6 nitrogen and oxygen atoms in total. The Morgan fingerprint density at radius 1 is 1.36 bits per heavy atom. The number of ether oxygens (including phenoxy) is 1. The largest absolute Gasteiger partial charge is 0.496 e. The summed E-state index contributed by atoms with van der Waals surface area (Å²) in [5.74, 6) is -0.639. The van der Waals surface area contributed by atoms with Crippen molar-refractivity contribution < 1.29 is 22.3 Å². The molecule has 1 aromatic carbocycles. The van der Waals surface area contributed by atoms with Gasteiger partial charge in [0.25, 0.3) is 5.91 Å². The number of halogens is 1. The van der Waals surface area contributed by atoms with Crippen LogP contribution in [0.5, 0.6) is 5.75 Å². The Hall–Kier alpha value is -1.67. The van der Waals surface area contributed by atoms with Crippen LogP contribution in [0.15, 0.2) is 18.2 Å². The highest BCUT2D eigenvalue weighted by atomic mass is 32.2. The molecule has 1 fully saturated rings. The molecule has 0 bridgehead atoms. The van der Waals surface area contributed by atoms with E-state index in [1.807, 2.05) is 0 Å². The second-order valence-corrected chi connectivity index (χ2v) is 7.24. The average molecular weight is 330 g/mol. The molecule has 1 aliphatic rings. The van der Waals surface area contributed by atoms with Gasteiger partial charge in [-0.2, -0.15) is 0 Å². The molecule has 8 heteroatoms. The number of amides is 1. The quantitative estimate of drug-likeness (QED) is 0.893. The number of sulfonamides is 1. The van der Waals surface area contributed by atoms with Gasteiger partial charge in [0.1, 0.15) is 11.6 Å². The number of rotatable bonds is 4. The van der Waals surface area contributed by atoms with Crippen molar-refractivity contribution in [2.24, 2.45) is 0 Å². The summed E-state index contributed by atoms with van der Waals surface area (Å²) in [5, 5.41) is 2.80. The van der Waals surface area contributed by atoms with Gasteiger partial charge in [-0.3, -0.25) is 4.79 Å². The van der Waals surface area contributed by atoms with Gasteiger partial charge in [-0.05, 0) is 31.0 Å². The summed E-state index contributed by atoms with van der Waals surface area (Å²) in [6.45, 7) is 0.730. The maximum atomic E-state index is 13.3. The van der Waals surface area contributed by atoms with Crippen LogP contribution >= 0.6 is 0 Å². The molecule has 0 aliphatic carbocycles. The van der Waals surface area contributed by atoms with Crippen LogP contribution in [-0.2, 0) is 10.0 Å². The van der Waals surface area contributed by atoms with Gasteiger partial charge in [-0.15, -0.1) is 0 Å². The second kappa shape index (κ2) is 6.62. The number of nitrogens with one attached hydrogen (secondary N) is 1. The zero-order chi connectivity index (χ0) is 16.3. The topological polar surface area (TPSA) is 75.7 Å². The van der Waals surface area contributed by atoms with Crippen LogP contribution in [0.1, 0.15) is 23.2 Å². The first-order valence-electron chi connectivity index (χ1n) is 6.91. The first-order chi connectivity index (χ1) is 10.3. The van der Waals surface area contributed by atoms with Crippen molar-refractivity contribution >= 4 is 15.9 Å². The van der Waals surface area contributed by atoms with Gasteiger partial charge >= 0.3 is 0 Å². The van der Waals surface area contributed by atoms with Crippen LogP contribution in [0, 0.1) is 5.82 Å². The maximum Gasteiger partial charge on any atom is 0.255 e. The van der Waals surface area contributed by atoms with Crippen LogP contribution < -0.4 is 10.1 Å². The van der Waals surface area contributed by atoms with E-state index >= 15 is 0 Å². The Morgan fingerprint density at radius 3 is 2.55 bits per heavy atom. The number of nitrogens with zero attached hydrogens (tertiary/aromatic N) is 1. The minimum Gasteiger partial charge on any atom is -0.496 e. The molecule has 1 amide bonds. The van der Waals surface area contributed by atoms with E-state index in [4.69, 9.17) is 4.74 Å². The van der Waals surface area contributed by atoms with Gasteiger partial charge in [-0.1, -0.05) is 0 Å². The van der Waals surface area contributed by atoms with E-state index in [0.717, 1.165) is 6.07 Å². The van der Waals surface area contributed by atoms with Gasteiger partial charge in [-0.25, -0.2) is 17.1 Å². The number of carbonyl (C=O) groups excluding carboxylic acids is 1. The Kier molecular flexibility index (Phi) is 5.02. The SMILES string of the molecule is COc1ccc(F)cc1C(=O)NC1CCN(S(C)(=O)=O)CC1. The fourth-order valence-electron chi connectivity index (χ4n) is 2.45. The van der Waals surface area contributed by atoms with Crippen molar-refractivity contribution in [3.05, 3.63) is 29.6 Å². The predicted molar refractivity (Wildman–Crippen MR) is 79.9 cm³/mol. The fraction of sp³-hybridized carbons (Fsp3) is 0.500. The molecule has 22 heavy (non-hydrogen) atoms. The Morgan fingerprint density at radius 2 is 2.00 bits per heavy atom. The third-order valence-corrected chi connectivity index (χ3v) is 4.97. The first-order valence-corrected chi connectivity index (χ1v) is 8.75. The lowest BCUT2D eigenvalue weighted by atomic mass is 10.1. The summed E-state index contributed by atoms with van der Waals surface area (Å²) >= 11 is 0. The lowest BCUT2D eigenvalue weighted by Crippen LogP contribution is -2.46. The summed E-state index contributed by atoms with van der Waals surface area (Å²) in [6, 6.07) is 3.61. The zero-order valence-corrected chi connectivity index (χ0v) is 13.3. The summed E-state index contributed by atoms with van der Waals surface area (Å²) in [5.41, 5.74) is 0.132. The molecule has 1 aromatic rings. The van der Waals surface area contributed by atoms with Crippen molar-refractivity contribution in [1.29, 1.82) is 0 Å². The Balaban J connectivity index is 2.01. The van der Waals surface area contributed by atoms with Gasteiger partial charge in [0.15, 0.2) is 0 Å². The molecule has 0 unspecified atom stereocenters. The molecule has 1 saturated heterocycles. The highest BCUT2D eigenvalue weighted by molar-refractivity contribution is 7.88. The van der Waals surface area contributed by atoms with Gasteiger partial charge < -0.3 is 10.1 Å². The normalized spacial score (nSPS) is 17.2. The second-order valence-electron chi connectivity index (χ2n) is 5.25. The van der Waals surface area contributed by atoms with Crippen molar-refractivity contribution in [1.82, 2.24) is 9.62 Å².